The summed E-state index contributed by atoms with van der Waals surface area (Å²) in [7, 11) is 1.11. The van der Waals surface area contributed by atoms with Crippen molar-refractivity contribution in [3.8, 4) is 11.5 Å². The first kappa shape index (κ1) is 14.2. The summed E-state index contributed by atoms with van der Waals surface area (Å²) in [6.07, 6.45) is 0.253. The number of phenols is 2. The predicted octanol–water partition coefficient (Wildman–Crippen LogP) is 1.95. The fourth-order valence-electron chi connectivity index (χ4n) is 2.15. The smallest absolute Gasteiger partial charge is 0.272 e. The molecule has 0 aliphatic heterocycles. The van der Waals surface area contributed by atoms with E-state index in [1.165, 1.54) is 0 Å². The average Bonchev–Trinajstić information content (AvgIpc) is 2.41. The molecule has 1 aliphatic carbocycles. The molecule has 1 aromatic rings. The van der Waals surface area contributed by atoms with Gasteiger partial charge in [-0.1, -0.05) is 18.5 Å². The van der Waals surface area contributed by atoms with Crippen molar-refractivity contribution in [2.24, 2.45) is 0 Å². The van der Waals surface area contributed by atoms with Gasteiger partial charge >= 0.3 is 0 Å². The van der Waals surface area contributed by atoms with Crippen LogP contribution >= 0.6 is 11.6 Å². The van der Waals surface area contributed by atoms with Gasteiger partial charge < -0.3 is 20.1 Å². The largest absolute Gasteiger partial charge is 0.507 e. The van der Waals surface area contributed by atoms with Gasteiger partial charge in [0, 0.05) is 5.56 Å². The number of hydrogen-bond donors (Lipinski definition) is 3. The van der Waals surface area contributed by atoms with Gasteiger partial charge in [-0.3, -0.25) is 9.59 Å². The van der Waals surface area contributed by atoms with Gasteiger partial charge in [0.2, 0.25) is 11.5 Å². The topological polar surface area (TPSA) is 104 Å². The van der Waals surface area contributed by atoms with Crippen LogP contribution in [0.3, 0.4) is 0 Å². The van der Waals surface area contributed by atoms with E-state index in [0.29, 0.717) is 0 Å². The standard InChI is InChI=1S/C13H11ClO6/c1-3-4-7(14)9(16)6-5(8(4)15)11(18)13(20-2)12(19)10(6)17/h15-16,18H,3H2,1-2H3. The Morgan fingerprint density at radius 1 is 1.05 bits per heavy atom. The maximum Gasteiger partial charge on any atom is 0.272 e. The highest BCUT2D eigenvalue weighted by Gasteiger charge is 2.40. The zero-order valence-corrected chi connectivity index (χ0v) is 11.4. The minimum atomic E-state index is -1.12. The van der Waals surface area contributed by atoms with Gasteiger partial charge in [0.25, 0.3) is 5.78 Å². The van der Waals surface area contributed by atoms with E-state index in [0.717, 1.165) is 7.11 Å². The Morgan fingerprint density at radius 3 is 2.15 bits per heavy atom. The van der Waals surface area contributed by atoms with Crippen molar-refractivity contribution in [2.45, 2.75) is 13.3 Å². The van der Waals surface area contributed by atoms with E-state index >= 15 is 0 Å². The Labute approximate surface area is 118 Å². The van der Waals surface area contributed by atoms with Crippen molar-refractivity contribution >= 4 is 28.9 Å². The van der Waals surface area contributed by atoms with Crippen molar-refractivity contribution in [3.05, 3.63) is 27.5 Å². The number of aliphatic hydroxyl groups excluding tert-OH is 1. The first-order chi connectivity index (χ1) is 9.36. The van der Waals surface area contributed by atoms with E-state index in [1.807, 2.05) is 0 Å². The first-order valence-electron chi connectivity index (χ1n) is 5.69. The van der Waals surface area contributed by atoms with Gasteiger partial charge in [0.05, 0.1) is 23.3 Å². The second-order valence-corrected chi connectivity index (χ2v) is 4.51. The number of halogens is 1. The Bertz CT molecular complexity index is 674. The maximum absolute atomic E-state index is 12.0. The number of carbonyl (C=O) groups is 2. The Kier molecular flexibility index (Phi) is 3.35. The van der Waals surface area contributed by atoms with Gasteiger partial charge in [-0.2, -0.15) is 0 Å². The number of ether oxygens (including phenoxy) is 1. The second-order valence-electron chi connectivity index (χ2n) is 4.13. The molecule has 7 heteroatoms. The van der Waals surface area contributed by atoms with Crippen molar-refractivity contribution in [1.82, 2.24) is 0 Å². The number of aliphatic hydroxyl groups is 1. The SMILES string of the molecule is CCc1c(O)c2c(c(O)c1Cl)C(=O)C(=O)C(OC)=C2O. The van der Waals surface area contributed by atoms with E-state index < -0.39 is 40.1 Å². The van der Waals surface area contributed by atoms with Crippen LogP contribution in [0.25, 0.3) is 5.76 Å². The van der Waals surface area contributed by atoms with Crippen LogP contribution in [-0.2, 0) is 16.0 Å². The lowest BCUT2D eigenvalue weighted by molar-refractivity contribution is -0.114. The third kappa shape index (κ3) is 1.65. The number of rotatable bonds is 2. The number of fused-ring (bicyclic) bond motifs is 1. The third-order valence-corrected chi connectivity index (χ3v) is 3.54. The van der Waals surface area contributed by atoms with Crippen molar-refractivity contribution < 1.29 is 29.6 Å². The maximum atomic E-state index is 12.0. The zero-order valence-electron chi connectivity index (χ0n) is 10.7. The molecular formula is C13H11ClO6. The molecule has 6 nitrogen and oxygen atoms in total. The van der Waals surface area contributed by atoms with Crippen molar-refractivity contribution in [2.75, 3.05) is 7.11 Å². The molecule has 106 valence electrons. The number of aromatic hydroxyl groups is 2. The highest BCUT2D eigenvalue weighted by Crippen LogP contribution is 2.46. The van der Waals surface area contributed by atoms with E-state index in [1.54, 1.807) is 6.92 Å². The molecule has 0 atom stereocenters. The van der Waals surface area contributed by atoms with Gasteiger partial charge in [-0.15, -0.1) is 0 Å². The van der Waals surface area contributed by atoms with Crippen LogP contribution in [0, 0.1) is 0 Å². The van der Waals surface area contributed by atoms with Crippen LogP contribution in [0.15, 0.2) is 5.76 Å². The molecule has 0 unspecified atom stereocenters. The number of methoxy groups -OCH3 is 1. The van der Waals surface area contributed by atoms with E-state index in [4.69, 9.17) is 11.6 Å². The van der Waals surface area contributed by atoms with Crippen LogP contribution in [0.4, 0.5) is 0 Å². The molecule has 0 radical (unpaired) electrons. The quantitative estimate of drug-likeness (QED) is 0.569. The molecule has 0 bridgehead atoms. The van der Waals surface area contributed by atoms with Crippen molar-refractivity contribution in [1.29, 1.82) is 0 Å². The molecule has 2 rings (SSSR count). The summed E-state index contributed by atoms with van der Waals surface area (Å²) in [5.74, 6) is -4.61. The normalized spacial score (nSPS) is 14.6. The van der Waals surface area contributed by atoms with Crippen LogP contribution < -0.4 is 0 Å². The highest BCUT2D eigenvalue weighted by atomic mass is 35.5. The van der Waals surface area contributed by atoms with Crippen molar-refractivity contribution in [3.63, 3.8) is 0 Å². The molecule has 0 spiro atoms. The Hall–Kier alpha value is -2.21. The lowest BCUT2D eigenvalue weighted by Gasteiger charge is -2.21. The van der Waals surface area contributed by atoms with Gasteiger partial charge in [-0.05, 0) is 6.42 Å². The molecule has 0 saturated heterocycles. The van der Waals surface area contributed by atoms with Gasteiger partial charge in [0.1, 0.15) is 11.5 Å². The molecule has 3 N–H and O–H groups in total. The zero-order chi connectivity index (χ0) is 15.2. The lowest BCUT2D eigenvalue weighted by Crippen LogP contribution is -2.25. The predicted molar refractivity (Wildman–Crippen MR) is 70.1 cm³/mol. The molecule has 1 aromatic carbocycles. The van der Waals surface area contributed by atoms with E-state index in [2.05, 4.69) is 4.74 Å². The molecule has 0 fully saturated rings. The summed E-state index contributed by atoms with van der Waals surface area (Å²) in [6, 6.07) is 0. The lowest BCUT2D eigenvalue weighted by atomic mass is 9.88. The van der Waals surface area contributed by atoms with E-state index in [-0.39, 0.29) is 22.6 Å². The van der Waals surface area contributed by atoms with Crippen LogP contribution in [0.5, 0.6) is 11.5 Å². The Balaban J connectivity index is 2.97. The summed E-state index contributed by atoms with van der Waals surface area (Å²) in [6.45, 7) is 1.67. The number of allylic oxidation sites excluding steroid dienone is 1. The first-order valence-corrected chi connectivity index (χ1v) is 6.07. The minimum absolute atomic E-state index is 0.159. The molecule has 1 aliphatic rings. The van der Waals surface area contributed by atoms with Crippen LogP contribution in [0.2, 0.25) is 5.02 Å². The summed E-state index contributed by atoms with van der Waals surface area (Å²) in [5.41, 5.74) is -0.703. The fourth-order valence-corrected chi connectivity index (χ4v) is 2.46. The summed E-state index contributed by atoms with van der Waals surface area (Å²) in [5, 5.41) is 29.8. The molecule has 0 aromatic heterocycles. The van der Waals surface area contributed by atoms with Gasteiger partial charge in [0.15, 0.2) is 5.76 Å². The van der Waals surface area contributed by atoms with Crippen LogP contribution in [0.1, 0.15) is 28.4 Å². The summed E-state index contributed by atoms with van der Waals surface area (Å²) < 4.78 is 4.68. The monoisotopic (exact) mass is 298 g/mol. The molecule has 0 heterocycles. The summed E-state index contributed by atoms with van der Waals surface area (Å²) >= 11 is 5.86. The van der Waals surface area contributed by atoms with Crippen LogP contribution in [-0.4, -0.2) is 34.0 Å². The number of hydrogen-bond acceptors (Lipinski definition) is 6. The number of phenolic OH excluding ortho intramolecular Hbond substituents is 2. The van der Waals surface area contributed by atoms with Gasteiger partial charge in [-0.25, -0.2) is 0 Å². The average molecular weight is 299 g/mol. The summed E-state index contributed by atoms with van der Waals surface area (Å²) in [4.78, 5) is 23.7. The molecule has 20 heavy (non-hydrogen) atoms. The third-order valence-electron chi connectivity index (χ3n) is 3.13. The molecular weight excluding hydrogens is 288 g/mol. The second kappa shape index (κ2) is 4.72. The van der Waals surface area contributed by atoms with E-state index in [9.17, 15) is 24.9 Å². The molecule has 0 amide bonds. The molecule has 0 saturated carbocycles. The highest BCUT2D eigenvalue weighted by molar-refractivity contribution is 6.53. The fraction of sp³-hybridized carbons (Fsp3) is 0.231. The number of carbonyl (C=O) groups excluding carboxylic acids is 2. The Morgan fingerprint density at radius 2 is 1.65 bits per heavy atom. The minimum Gasteiger partial charge on any atom is -0.507 e. The number of Topliss-reactive ketones (excluding diaryl/α,β-unsaturated/α-hetero) is 2. The number of benzene rings is 1. The number of ketones is 2.